The monoisotopic (exact) mass is 492 g/mol. The van der Waals surface area contributed by atoms with Crippen LogP contribution in [-0.4, -0.2) is 15.1 Å². The third-order valence-electron chi connectivity index (χ3n) is 3.79. The van der Waals surface area contributed by atoms with Crippen molar-refractivity contribution in [3.05, 3.63) is 81.6 Å². The number of hydrogen-bond donors (Lipinski definition) is 0. The molecule has 0 N–H and O–H groups in total. The quantitative estimate of drug-likeness (QED) is 0.399. The van der Waals surface area contributed by atoms with Crippen LogP contribution in [0.15, 0.2) is 70.5 Å². The fourth-order valence-corrected chi connectivity index (χ4v) is 7.10. The van der Waals surface area contributed by atoms with Crippen molar-refractivity contribution >= 4 is 21.5 Å². The van der Waals surface area contributed by atoms with Crippen LogP contribution in [0.2, 0.25) is 0 Å². The standard InChI is InChI=1S/2C8H6N2O.Hg/c2*11-8-7-4-2-1-3-6(7)5-9-10-8;/h2*1-5H,(H,10,11);/q;;+2/p-2. The van der Waals surface area contributed by atoms with Crippen LogP contribution in [0, 0.1) is 0 Å². The first-order valence-electron chi connectivity index (χ1n) is 7.14. The molecule has 23 heavy (non-hydrogen) atoms. The number of aromatic nitrogens is 4. The Bertz CT molecular complexity index is 1060. The van der Waals surface area contributed by atoms with E-state index in [4.69, 9.17) is 0 Å². The van der Waals surface area contributed by atoms with Gasteiger partial charge < -0.3 is 0 Å². The van der Waals surface area contributed by atoms with E-state index in [1.54, 1.807) is 24.5 Å². The average Bonchev–Trinajstić information content (AvgIpc) is 2.60. The van der Waals surface area contributed by atoms with E-state index in [0.29, 0.717) is 10.8 Å². The molecule has 4 aromatic rings. The molecule has 4 rings (SSSR count). The van der Waals surface area contributed by atoms with E-state index >= 15 is 0 Å². The van der Waals surface area contributed by atoms with Crippen molar-refractivity contribution in [1.82, 2.24) is 15.1 Å². The molecule has 7 heteroatoms. The third-order valence-corrected chi connectivity index (χ3v) is 9.38. The van der Waals surface area contributed by atoms with Gasteiger partial charge in [0.25, 0.3) is 0 Å². The van der Waals surface area contributed by atoms with Crippen molar-refractivity contribution in [2.75, 3.05) is 0 Å². The molecular weight excluding hydrogens is 481 g/mol. The predicted octanol–water partition coefficient (Wildman–Crippen LogP) is 1.42. The van der Waals surface area contributed by atoms with Crippen LogP contribution in [-0.2, 0) is 25.2 Å². The van der Waals surface area contributed by atoms with Gasteiger partial charge in [0, 0.05) is 0 Å². The molecule has 0 aliphatic heterocycles. The van der Waals surface area contributed by atoms with Crippen LogP contribution in [0.3, 0.4) is 0 Å². The molecule has 0 saturated heterocycles. The van der Waals surface area contributed by atoms with Crippen LogP contribution in [0.5, 0.6) is 0 Å². The molecule has 0 aliphatic carbocycles. The molecule has 2 aromatic carbocycles. The zero-order chi connectivity index (χ0) is 15.8. The summed E-state index contributed by atoms with van der Waals surface area (Å²) in [6.45, 7) is 0. The first-order valence-corrected chi connectivity index (χ1v) is 12.1. The molecule has 0 saturated carbocycles. The number of benzene rings is 2. The van der Waals surface area contributed by atoms with Crippen LogP contribution >= 0.6 is 0 Å². The summed E-state index contributed by atoms with van der Waals surface area (Å²) in [5.74, 6) is 0. The van der Waals surface area contributed by atoms with E-state index < -0.39 is 25.2 Å². The van der Waals surface area contributed by atoms with Gasteiger partial charge in [0.15, 0.2) is 0 Å². The Morgan fingerprint density at radius 1 is 0.696 bits per heavy atom. The molecular formula is C16H10HgN4O2. The second-order valence-electron chi connectivity index (χ2n) is 5.21. The number of hydrogen-bond acceptors (Lipinski definition) is 4. The maximum atomic E-state index is 12.5. The summed E-state index contributed by atoms with van der Waals surface area (Å²) in [6, 6.07) is 14.6. The van der Waals surface area contributed by atoms with Gasteiger partial charge in [-0.05, 0) is 0 Å². The normalized spacial score (nSPS) is 10.8. The van der Waals surface area contributed by atoms with E-state index in [0.717, 1.165) is 10.8 Å². The Balaban J connectivity index is 1.85. The van der Waals surface area contributed by atoms with Crippen molar-refractivity contribution in [3.8, 4) is 0 Å². The van der Waals surface area contributed by atoms with Gasteiger partial charge >= 0.3 is 143 Å². The molecule has 108 valence electrons. The number of rotatable bonds is 2. The first kappa shape index (κ1) is 14.3. The van der Waals surface area contributed by atoms with Crippen molar-refractivity contribution in [2.45, 2.75) is 0 Å². The number of nitrogens with zero attached hydrogens (tertiary/aromatic N) is 4. The summed E-state index contributed by atoms with van der Waals surface area (Å²) in [6.07, 6.45) is 3.34. The molecule has 0 aliphatic rings. The molecule has 0 unspecified atom stereocenters. The van der Waals surface area contributed by atoms with Crippen LogP contribution in [0.1, 0.15) is 0 Å². The second-order valence-corrected chi connectivity index (χ2v) is 11.0. The minimum absolute atomic E-state index is 0.147. The molecule has 2 aromatic heterocycles. The van der Waals surface area contributed by atoms with Gasteiger partial charge in [-0.3, -0.25) is 0 Å². The average molecular weight is 491 g/mol. The molecule has 0 fully saturated rings. The molecule has 6 nitrogen and oxygen atoms in total. The molecule has 0 spiro atoms. The zero-order valence-electron chi connectivity index (χ0n) is 12.1. The van der Waals surface area contributed by atoms with Gasteiger partial charge in [-0.15, -0.1) is 0 Å². The predicted molar refractivity (Wildman–Crippen MR) is 82.8 cm³/mol. The Labute approximate surface area is 143 Å². The Kier molecular flexibility index (Phi) is 3.53. The number of fused-ring (bicyclic) bond motifs is 2. The van der Waals surface area contributed by atoms with Gasteiger partial charge in [-0.2, -0.15) is 0 Å². The third kappa shape index (κ3) is 2.48. The van der Waals surface area contributed by atoms with Crippen molar-refractivity contribution in [2.24, 2.45) is 0 Å². The van der Waals surface area contributed by atoms with Crippen LogP contribution in [0.4, 0.5) is 0 Å². The fourth-order valence-electron chi connectivity index (χ4n) is 2.58. The van der Waals surface area contributed by atoms with Crippen molar-refractivity contribution < 1.29 is 25.2 Å². The van der Waals surface area contributed by atoms with Crippen molar-refractivity contribution in [3.63, 3.8) is 0 Å². The molecule has 2 heterocycles. The summed E-state index contributed by atoms with van der Waals surface area (Å²) in [4.78, 5) is 25.0. The second kappa shape index (κ2) is 5.70. The minimum atomic E-state index is -2.36. The Morgan fingerprint density at radius 2 is 1.13 bits per heavy atom. The zero-order valence-corrected chi connectivity index (χ0v) is 17.6. The van der Waals surface area contributed by atoms with E-state index in [1.165, 1.54) is 4.89 Å². The first-order chi connectivity index (χ1) is 11.2. The van der Waals surface area contributed by atoms with Gasteiger partial charge in [0.05, 0.1) is 0 Å². The van der Waals surface area contributed by atoms with E-state index in [9.17, 15) is 9.59 Å². The Morgan fingerprint density at radius 3 is 1.61 bits per heavy atom. The molecule has 0 bridgehead atoms. The summed E-state index contributed by atoms with van der Waals surface area (Å²) in [5, 5.41) is 11.3. The summed E-state index contributed by atoms with van der Waals surface area (Å²) in [7, 11) is 0. The van der Waals surface area contributed by atoms with Gasteiger partial charge in [-0.25, -0.2) is 0 Å². The van der Waals surface area contributed by atoms with E-state index in [1.807, 2.05) is 36.4 Å². The molecule has 0 amide bonds. The summed E-state index contributed by atoms with van der Waals surface area (Å²) < 4.78 is 2.93. The summed E-state index contributed by atoms with van der Waals surface area (Å²) >= 11 is -2.36. The van der Waals surface area contributed by atoms with Gasteiger partial charge in [0.1, 0.15) is 0 Å². The van der Waals surface area contributed by atoms with Crippen LogP contribution in [0.25, 0.3) is 21.5 Å². The van der Waals surface area contributed by atoms with Crippen LogP contribution < -0.4 is 11.1 Å². The topological polar surface area (TPSA) is 69.8 Å². The van der Waals surface area contributed by atoms with Gasteiger partial charge in [0.2, 0.25) is 0 Å². The molecule has 0 radical (unpaired) electrons. The fraction of sp³-hybridized carbons (Fsp3) is 0. The van der Waals surface area contributed by atoms with E-state index in [-0.39, 0.29) is 11.1 Å². The maximum absolute atomic E-state index is 12.5. The van der Waals surface area contributed by atoms with Gasteiger partial charge in [-0.1, -0.05) is 0 Å². The van der Waals surface area contributed by atoms with Crippen molar-refractivity contribution in [1.29, 1.82) is 0 Å². The summed E-state index contributed by atoms with van der Waals surface area (Å²) in [5.41, 5.74) is -0.293. The Hall–Kier alpha value is -2.34. The molecule has 0 atom stereocenters. The SMILES string of the molecule is O=c1c2ccccc2cn[n]1[Hg][n]1ncc2ccccc2c1=O. The van der Waals surface area contributed by atoms with E-state index in [2.05, 4.69) is 10.2 Å².